The van der Waals surface area contributed by atoms with Crippen molar-refractivity contribution in [3.63, 3.8) is 0 Å². The third-order valence-corrected chi connectivity index (χ3v) is 7.76. The molecule has 2 aromatic rings. The first-order valence-electron chi connectivity index (χ1n) is 13.4. The maximum atomic E-state index is 13.8. The van der Waals surface area contributed by atoms with Crippen molar-refractivity contribution in [3.05, 3.63) is 64.2 Å². The van der Waals surface area contributed by atoms with Gasteiger partial charge in [-0.25, -0.2) is 9.59 Å². The van der Waals surface area contributed by atoms with Gasteiger partial charge in [0.15, 0.2) is 0 Å². The molecule has 0 radical (unpaired) electrons. The number of benzene rings is 2. The van der Waals surface area contributed by atoms with Crippen LogP contribution in [0.15, 0.2) is 36.4 Å². The Morgan fingerprint density at radius 2 is 1.50 bits per heavy atom. The predicted octanol–water partition coefficient (Wildman–Crippen LogP) is 7.56. The van der Waals surface area contributed by atoms with Gasteiger partial charge < -0.3 is 14.6 Å². The fraction of sp³-hybridized carbons (Fsp3) is 0.500. The Morgan fingerprint density at radius 3 is 1.98 bits per heavy atom. The number of halogens is 9. The summed E-state index contributed by atoms with van der Waals surface area (Å²) in [6, 6.07) is 0.992. The van der Waals surface area contributed by atoms with Gasteiger partial charge in [0.05, 0.1) is 42.1 Å². The molecule has 7 nitrogen and oxygen atoms in total. The van der Waals surface area contributed by atoms with Crippen molar-refractivity contribution >= 4 is 17.9 Å². The number of fused-ring (bicyclic) bond motifs is 1. The quantitative estimate of drug-likeness (QED) is 0.329. The summed E-state index contributed by atoms with van der Waals surface area (Å²) in [5, 5.41) is 9.13. The van der Waals surface area contributed by atoms with Crippen molar-refractivity contribution in [2.45, 2.75) is 62.8 Å². The molecule has 0 aromatic heterocycles. The first kappa shape index (κ1) is 33.2. The summed E-state index contributed by atoms with van der Waals surface area (Å²) < 4.78 is 133. The van der Waals surface area contributed by atoms with Crippen molar-refractivity contribution in [3.8, 4) is 0 Å². The van der Waals surface area contributed by atoms with E-state index in [0.717, 1.165) is 29.4 Å². The molecule has 2 aromatic carbocycles. The number of carbonyl (C=O) groups is 2. The normalized spacial score (nSPS) is 19.2. The molecule has 242 valence electrons. The van der Waals surface area contributed by atoms with Crippen molar-refractivity contribution < 1.29 is 63.7 Å². The van der Waals surface area contributed by atoms with Crippen LogP contribution in [-0.2, 0) is 34.5 Å². The van der Waals surface area contributed by atoms with Crippen LogP contribution in [0.5, 0.6) is 0 Å². The van der Waals surface area contributed by atoms with E-state index in [-0.39, 0.29) is 29.7 Å². The Kier molecular flexibility index (Phi) is 9.33. The number of carbonyl (C=O) groups excluding carboxylic acids is 2. The van der Waals surface area contributed by atoms with Gasteiger partial charge in [0.1, 0.15) is 6.61 Å². The molecule has 2 aliphatic rings. The highest BCUT2D eigenvalue weighted by Crippen LogP contribution is 2.49. The number of aliphatic hydroxyl groups is 1. The zero-order chi connectivity index (χ0) is 32.6. The van der Waals surface area contributed by atoms with Crippen LogP contribution in [0.3, 0.4) is 0 Å². The molecular formula is C28H27F9N2O5. The topological polar surface area (TPSA) is 79.3 Å². The van der Waals surface area contributed by atoms with E-state index in [1.54, 1.807) is 0 Å². The highest BCUT2D eigenvalue weighted by molar-refractivity contribution is 5.91. The van der Waals surface area contributed by atoms with E-state index in [2.05, 4.69) is 0 Å². The average molecular weight is 643 g/mol. The fourth-order valence-electron chi connectivity index (χ4n) is 5.54. The molecule has 16 heteroatoms. The number of ether oxygens (including phenoxy) is 2. The molecule has 44 heavy (non-hydrogen) atoms. The Hall–Kier alpha value is -3.69. The third-order valence-electron chi connectivity index (χ3n) is 7.76. The number of anilines is 1. The lowest BCUT2D eigenvalue weighted by Crippen LogP contribution is -2.53. The number of aliphatic hydroxyl groups excluding tert-OH is 1. The lowest BCUT2D eigenvalue weighted by atomic mass is 9.74. The van der Waals surface area contributed by atoms with Crippen molar-refractivity contribution in [2.24, 2.45) is 5.92 Å². The SMILES string of the molecule is COC(=O)N(Cc1cc(C(F)(F)F)cc(C(F)(F)F)c1)C1CC(C2CCC2)N(C(=O)OCCO)c2ccc(C(F)(F)F)cc21. The first-order chi connectivity index (χ1) is 20.5. The number of methoxy groups -OCH3 is 1. The summed E-state index contributed by atoms with van der Waals surface area (Å²) >= 11 is 0. The maximum absolute atomic E-state index is 13.8. The van der Waals surface area contributed by atoms with Crippen LogP contribution in [-0.4, -0.2) is 48.6 Å². The van der Waals surface area contributed by atoms with Crippen LogP contribution in [0.4, 0.5) is 54.8 Å². The molecule has 0 bridgehead atoms. The minimum Gasteiger partial charge on any atom is -0.453 e. The van der Waals surface area contributed by atoms with Gasteiger partial charge >= 0.3 is 30.7 Å². The van der Waals surface area contributed by atoms with Crippen LogP contribution in [0.2, 0.25) is 0 Å². The lowest BCUT2D eigenvalue weighted by Gasteiger charge is -2.48. The van der Waals surface area contributed by atoms with E-state index in [9.17, 15) is 49.1 Å². The lowest BCUT2D eigenvalue weighted by molar-refractivity contribution is -0.143. The maximum Gasteiger partial charge on any atom is 0.416 e. The van der Waals surface area contributed by atoms with E-state index < -0.39 is 84.8 Å². The van der Waals surface area contributed by atoms with E-state index in [1.165, 1.54) is 0 Å². The number of alkyl halides is 9. The molecule has 1 aliphatic carbocycles. The van der Waals surface area contributed by atoms with Gasteiger partial charge in [0.25, 0.3) is 0 Å². The summed E-state index contributed by atoms with van der Waals surface area (Å²) in [7, 11) is 0.903. The van der Waals surface area contributed by atoms with E-state index in [1.807, 2.05) is 0 Å². The zero-order valence-corrected chi connectivity index (χ0v) is 23.0. The summed E-state index contributed by atoms with van der Waals surface area (Å²) in [6.07, 6.45) is -15.7. The molecule has 1 fully saturated rings. The average Bonchev–Trinajstić information content (AvgIpc) is 2.91. The number of amides is 2. The molecule has 2 unspecified atom stereocenters. The second kappa shape index (κ2) is 12.4. The molecule has 4 rings (SSSR count). The van der Waals surface area contributed by atoms with Gasteiger partial charge in [-0.3, -0.25) is 9.80 Å². The number of hydrogen-bond donors (Lipinski definition) is 1. The van der Waals surface area contributed by atoms with Crippen molar-refractivity contribution in [1.29, 1.82) is 0 Å². The Bertz CT molecular complexity index is 1340. The first-order valence-corrected chi connectivity index (χ1v) is 13.4. The van der Waals surface area contributed by atoms with Gasteiger partial charge in [0, 0.05) is 12.6 Å². The molecule has 2 amide bonds. The van der Waals surface area contributed by atoms with Gasteiger partial charge in [-0.15, -0.1) is 0 Å². The van der Waals surface area contributed by atoms with Crippen LogP contribution in [0.1, 0.15) is 59.5 Å². The molecule has 0 spiro atoms. The Morgan fingerprint density at radius 1 is 0.909 bits per heavy atom. The summed E-state index contributed by atoms with van der Waals surface area (Å²) in [5.74, 6) is -0.209. The molecule has 1 N–H and O–H groups in total. The number of nitrogens with zero attached hydrogens (tertiary/aromatic N) is 2. The van der Waals surface area contributed by atoms with Crippen LogP contribution >= 0.6 is 0 Å². The van der Waals surface area contributed by atoms with E-state index in [0.29, 0.717) is 37.1 Å². The third kappa shape index (κ3) is 7.00. The summed E-state index contributed by atoms with van der Waals surface area (Å²) in [6.45, 7) is -1.85. The van der Waals surface area contributed by atoms with E-state index in [4.69, 9.17) is 14.6 Å². The summed E-state index contributed by atoms with van der Waals surface area (Å²) in [5.41, 5.74) is -5.39. The molecule has 2 atom stereocenters. The fourth-order valence-corrected chi connectivity index (χ4v) is 5.54. The number of hydrogen-bond acceptors (Lipinski definition) is 5. The standard InChI is InChI=1S/C28H27F9N2O5/c1-43-24(41)38(14-15-9-18(27(32,33)34)11-19(10-15)28(35,36)37)23-13-22(16-3-2-4-16)39(25(42)44-8-7-40)21-6-5-17(12-20(21)23)26(29,30)31/h5-6,9-12,16,22-23,40H,2-4,7-8,13-14H2,1H3. The highest BCUT2D eigenvalue weighted by Gasteiger charge is 2.46. The molecule has 1 aliphatic heterocycles. The molecule has 0 saturated heterocycles. The highest BCUT2D eigenvalue weighted by atomic mass is 19.4. The minimum absolute atomic E-state index is 0.0833. The van der Waals surface area contributed by atoms with Gasteiger partial charge in [-0.05, 0) is 72.7 Å². The molecule has 1 saturated carbocycles. The molecule has 1 heterocycles. The summed E-state index contributed by atoms with van der Waals surface area (Å²) in [4.78, 5) is 28.1. The van der Waals surface area contributed by atoms with Crippen LogP contribution < -0.4 is 4.90 Å². The van der Waals surface area contributed by atoms with Gasteiger partial charge in [-0.2, -0.15) is 39.5 Å². The largest absolute Gasteiger partial charge is 0.453 e. The number of rotatable bonds is 6. The van der Waals surface area contributed by atoms with Gasteiger partial charge in [0.2, 0.25) is 0 Å². The van der Waals surface area contributed by atoms with Crippen LogP contribution in [0.25, 0.3) is 0 Å². The molecular weight excluding hydrogens is 615 g/mol. The predicted molar refractivity (Wildman–Crippen MR) is 135 cm³/mol. The van der Waals surface area contributed by atoms with Crippen molar-refractivity contribution in [2.75, 3.05) is 25.2 Å². The van der Waals surface area contributed by atoms with E-state index >= 15 is 0 Å². The smallest absolute Gasteiger partial charge is 0.416 e. The van der Waals surface area contributed by atoms with Crippen molar-refractivity contribution in [1.82, 2.24) is 4.90 Å². The minimum atomic E-state index is -5.18. The zero-order valence-electron chi connectivity index (χ0n) is 23.0. The van der Waals surface area contributed by atoms with Crippen LogP contribution in [0, 0.1) is 5.92 Å². The van der Waals surface area contributed by atoms with Gasteiger partial charge in [-0.1, -0.05) is 6.42 Å². The Labute approximate surface area is 245 Å². The second-order valence-electron chi connectivity index (χ2n) is 10.5. The second-order valence-corrected chi connectivity index (χ2v) is 10.5. The Balaban J connectivity index is 1.89. The monoisotopic (exact) mass is 642 g/mol.